The Kier molecular flexibility index (Phi) is 4.28. The zero-order valence-electron chi connectivity index (χ0n) is 11.2. The largest absolute Gasteiger partial charge is 0.354 e. The summed E-state index contributed by atoms with van der Waals surface area (Å²) in [5.74, 6) is -0.0425. The first kappa shape index (κ1) is 13.3. The monoisotopic (exact) mass is 258 g/mol. The number of rotatable bonds is 5. The molecular weight excluding hydrogens is 240 g/mol. The molecule has 0 aliphatic carbocycles. The van der Waals surface area contributed by atoms with E-state index < -0.39 is 0 Å². The number of carbonyl (C=O) groups is 1. The van der Waals surface area contributed by atoms with Gasteiger partial charge in [0.05, 0.1) is 0 Å². The number of aryl methyl sites for hydroxylation is 1. The number of hydrogen-bond donors (Lipinski definition) is 1. The molecule has 0 aliphatic rings. The number of benzene rings is 1. The average molecular weight is 258 g/mol. The average Bonchev–Trinajstić information content (AvgIpc) is 2.94. The minimum absolute atomic E-state index is 0.0425. The van der Waals surface area contributed by atoms with Crippen LogP contribution in [-0.4, -0.2) is 27.2 Å². The molecule has 0 fully saturated rings. The normalized spacial score (nSPS) is 12.1. The fourth-order valence-electron chi connectivity index (χ4n) is 1.90. The smallest absolute Gasteiger partial charge is 0.244 e. The molecule has 2 rings (SSSR count). The van der Waals surface area contributed by atoms with Crippen molar-refractivity contribution in [1.82, 2.24) is 20.1 Å². The molecule has 100 valence electrons. The molecule has 1 amide bonds. The lowest BCUT2D eigenvalue weighted by atomic mass is 10.1. The second-order valence-electron chi connectivity index (χ2n) is 4.52. The van der Waals surface area contributed by atoms with Crippen LogP contribution in [0.15, 0.2) is 36.9 Å². The Morgan fingerprint density at radius 2 is 2.21 bits per heavy atom. The molecule has 0 spiro atoms. The second-order valence-corrected chi connectivity index (χ2v) is 4.52. The minimum atomic E-state index is -0.334. The maximum absolute atomic E-state index is 11.9. The molecule has 1 atom stereocenters. The van der Waals surface area contributed by atoms with Crippen molar-refractivity contribution in [1.29, 1.82) is 0 Å². The van der Waals surface area contributed by atoms with Crippen LogP contribution < -0.4 is 5.32 Å². The fraction of sp³-hybridized carbons (Fsp3) is 0.357. The summed E-state index contributed by atoms with van der Waals surface area (Å²) in [7, 11) is 0. The number of carbonyl (C=O) groups excluding carboxylic acids is 1. The van der Waals surface area contributed by atoms with E-state index in [1.165, 1.54) is 17.5 Å². The van der Waals surface area contributed by atoms with Gasteiger partial charge in [-0.3, -0.25) is 4.79 Å². The molecule has 0 radical (unpaired) electrons. The van der Waals surface area contributed by atoms with Gasteiger partial charge in [-0.15, -0.1) is 0 Å². The SMILES string of the molecule is Cc1ccccc1CCNC(=O)[C@@H](C)n1cncn1. The van der Waals surface area contributed by atoms with Crippen LogP contribution in [-0.2, 0) is 11.2 Å². The lowest BCUT2D eigenvalue weighted by Crippen LogP contribution is -2.32. The van der Waals surface area contributed by atoms with Crippen LogP contribution in [0.25, 0.3) is 0 Å². The van der Waals surface area contributed by atoms with Gasteiger partial charge in [0, 0.05) is 6.54 Å². The molecule has 0 unspecified atom stereocenters. The highest BCUT2D eigenvalue weighted by atomic mass is 16.2. The standard InChI is InChI=1S/C14H18N4O/c1-11-5-3-4-6-13(11)7-8-16-14(19)12(2)18-10-15-9-17-18/h3-6,9-10,12H,7-8H2,1-2H3,(H,16,19)/t12-/m1/s1. The first-order valence-corrected chi connectivity index (χ1v) is 6.35. The number of nitrogens with one attached hydrogen (secondary N) is 1. The van der Waals surface area contributed by atoms with Crippen molar-refractivity contribution in [2.24, 2.45) is 0 Å². The van der Waals surface area contributed by atoms with E-state index in [-0.39, 0.29) is 11.9 Å². The summed E-state index contributed by atoms with van der Waals surface area (Å²) in [5.41, 5.74) is 2.51. The molecule has 0 saturated carbocycles. The summed E-state index contributed by atoms with van der Waals surface area (Å²) in [6, 6.07) is 7.86. The van der Waals surface area contributed by atoms with E-state index in [1.54, 1.807) is 17.9 Å². The summed E-state index contributed by atoms with van der Waals surface area (Å²) >= 11 is 0. The van der Waals surface area contributed by atoms with Crippen molar-refractivity contribution in [3.05, 3.63) is 48.0 Å². The van der Waals surface area contributed by atoms with E-state index in [4.69, 9.17) is 0 Å². The Bertz CT molecular complexity index is 536. The molecular formula is C14H18N4O. The molecule has 1 N–H and O–H groups in total. The predicted molar refractivity (Wildman–Crippen MR) is 72.6 cm³/mol. The lowest BCUT2D eigenvalue weighted by molar-refractivity contribution is -0.124. The summed E-state index contributed by atoms with van der Waals surface area (Å²) in [6.45, 7) is 4.51. The van der Waals surface area contributed by atoms with E-state index in [9.17, 15) is 4.79 Å². The first-order chi connectivity index (χ1) is 9.18. The number of hydrogen-bond acceptors (Lipinski definition) is 3. The minimum Gasteiger partial charge on any atom is -0.354 e. The summed E-state index contributed by atoms with van der Waals surface area (Å²) in [6.07, 6.45) is 3.81. The van der Waals surface area contributed by atoms with Gasteiger partial charge in [-0.05, 0) is 31.4 Å². The van der Waals surface area contributed by atoms with E-state index in [2.05, 4.69) is 34.5 Å². The van der Waals surface area contributed by atoms with Crippen molar-refractivity contribution in [2.45, 2.75) is 26.3 Å². The maximum atomic E-state index is 11.9. The molecule has 1 aromatic heterocycles. The van der Waals surface area contributed by atoms with Gasteiger partial charge in [0.15, 0.2) is 0 Å². The van der Waals surface area contributed by atoms with Gasteiger partial charge in [-0.1, -0.05) is 24.3 Å². The third-order valence-corrected chi connectivity index (χ3v) is 3.17. The van der Waals surface area contributed by atoms with E-state index >= 15 is 0 Å². The van der Waals surface area contributed by atoms with Gasteiger partial charge >= 0.3 is 0 Å². The molecule has 0 saturated heterocycles. The Hall–Kier alpha value is -2.17. The summed E-state index contributed by atoms with van der Waals surface area (Å²) in [5, 5.41) is 6.88. The third-order valence-electron chi connectivity index (χ3n) is 3.17. The van der Waals surface area contributed by atoms with E-state index in [0.29, 0.717) is 6.54 Å². The van der Waals surface area contributed by atoms with Crippen LogP contribution in [0.3, 0.4) is 0 Å². The van der Waals surface area contributed by atoms with Crippen LogP contribution >= 0.6 is 0 Å². The first-order valence-electron chi connectivity index (χ1n) is 6.35. The Morgan fingerprint density at radius 3 is 2.89 bits per heavy atom. The molecule has 0 bridgehead atoms. The third kappa shape index (κ3) is 3.40. The number of aromatic nitrogens is 3. The topological polar surface area (TPSA) is 59.8 Å². The van der Waals surface area contributed by atoms with Crippen molar-refractivity contribution in [3.63, 3.8) is 0 Å². The molecule has 5 nitrogen and oxygen atoms in total. The highest BCUT2D eigenvalue weighted by Crippen LogP contribution is 2.07. The van der Waals surface area contributed by atoms with Crippen LogP contribution in [0, 0.1) is 6.92 Å². The highest BCUT2D eigenvalue weighted by Gasteiger charge is 2.14. The summed E-state index contributed by atoms with van der Waals surface area (Å²) in [4.78, 5) is 15.8. The highest BCUT2D eigenvalue weighted by molar-refractivity contribution is 5.79. The Balaban J connectivity index is 1.83. The van der Waals surface area contributed by atoms with Crippen LogP contribution in [0.2, 0.25) is 0 Å². The van der Waals surface area contributed by atoms with Crippen molar-refractivity contribution < 1.29 is 4.79 Å². The zero-order valence-corrected chi connectivity index (χ0v) is 11.2. The molecule has 5 heteroatoms. The van der Waals surface area contributed by atoms with Crippen molar-refractivity contribution in [3.8, 4) is 0 Å². The Morgan fingerprint density at radius 1 is 1.42 bits per heavy atom. The second kappa shape index (κ2) is 6.13. The summed E-state index contributed by atoms with van der Waals surface area (Å²) < 4.78 is 1.54. The molecule has 1 aromatic carbocycles. The molecule has 1 heterocycles. The molecule has 19 heavy (non-hydrogen) atoms. The number of amides is 1. The van der Waals surface area contributed by atoms with Crippen LogP contribution in [0.5, 0.6) is 0 Å². The predicted octanol–water partition coefficient (Wildman–Crippen LogP) is 1.51. The fourth-order valence-corrected chi connectivity index (χ4v) is 1.90. The lowest BCUT2D eigenvalue weighted by Gasteiger charge is -2.12. The quantitative estimate of drug-likeness (QED) is 0.884. The number of nitrogens with zero attached hydrogens (tertiary/aromatic N) is 3. The molecule has 2 aromatic rings. The van der Waals surface area contributed by atoms with Gasteiger partial charge in [0.2, 0.25) is 5.91 Å². The van der Waals surface area contributed by atoms with Crippen molar-refractivity contribution in [2.75, 3.05) is 6.54 Å². The Labute approximate surface area is 112 Å². The van der Waals surface area contributed by atoms with Crippen LogP contribution in [0.1, 0.15) is 24.1 Å². The van der Waals surface area contributed by atoms with Gasteiger partial charge in [0.1, 0.15) is 18.7 Å². The van der Waals surface area contributed by atoms with Gasteiger partial charge in [-0.2, -0.15) is 5.10 Å². The maximum Gasteiger partial charge on any atom is 0.244 e. The van der Waals surface area contributed by atoms with Crippen molar-refractivity contribution >= 4 is 5.91 Å². The van der Waals surface area contributed by atoms with Crippen LogP contribution in [0.4, 0.5) is 0 Å². The van der Waals surface area contributed by atoms with Gasteiger partial charge < -0.3 is 5.32 Å². The molecule has 0 aliphatic heterocycles. The van der Waals surface area contributed by atoms with Gasteiger partial charge in [-0.25, -0.2) is 9.67 Å². The van der Waals surface area contributed by atoms with E-state index in [0.717, 1.165) is 6.42 Å². The van der Waals surface area contributed by atoms with E-state index in [1.807, 2.05) is 12.1 Å². The van der Waals surface area contributed by atoms with Gasteiger partial charge in [0.25, 0.3) is 0 Å². The zero-order chi connectivity index (χ0) is 13.7.